The van der Waals surface area contributed by atoms with E-state index >= 15 is 0 Å². The van der Waals surface area contributed by atoms with E-state index < -0.39 is 0 Å². The molecule has 2 heterocycles. The van der Waals surface area contributed by atoms with Crippen molar-refractivity contribution in [3.63, 3.8) is 0 Å². The highest BCUT2D eigenvalue weighted by atomic mass is 19.1. The monoisotopic (exact) mass is 277 g/mol. The lowest BCUT2D eigenvalue weighted by atomic mass is 10.0. The number of nitrogens with zero attached hydrogens (tertiary/aromatic N) is 3. The van der Waals surface area contributed by atoms with Gasteiger partial charge in [0.05, 0.1) is 13.2 Å². The van der Waals surface area contributed by atoms with Gasteiger partial charge in [0.2, 0.25) is 5.89 Å². The van der Waals surface area contributed by atoms with Gasteiger partial charge in [0.25, 0.3) is 0 Å². The number of hydrogen-bond acceptors (Lipinski definition) is 5. The lowest BCUT2D eigenvalue weighted by molar-refractivity contribution is 0.385. The summed E-state index contributed by atoms with van der Waals surface area (Å²) >= 11 is 0. The molecule has 0 N–H and O–H groups in total. The summed E-state index contributed by atoms with van der Waals surface area (Å²) in [4.78, 5) is 2.03. The fourth-order valence-corrected chi connectivity index (χ4v) is 2.63. The topological polar surface area (TPSA) is 51.4 Å². The lowest BCUT2D eigenvalue weighted by Gasteiger charge is -2.23. The Kier molecular flexibility index (Phi) is 3.30. The van der Waals surface area contributed by atoms with Crippen LogP contribution in [0, 0.1) is 12.7 Å². The van der Waals surface area contributed by atoms with Crippen LogP contribution in [0.25, 0.3) is 0 Å². The molecule has 5 nitrogen and oxygen atoms in total. The number of benzene rings is 1. The van der Waals surface area contributed by atoms with Crippen molar-refractivity contribution in [3.8, 4) is 5.75 Å². The number of methoxy groups -OCH3 is 1. The third-order valence-corrected chi connectivity index (χ3v) is 3.57. The van der Waals surface area contributed by atoms with Crippen molar-refractivity contribution in [1.29, 1.82) is 0 Å². The van der Waals surface area contributed by atoms with Gasteiger partial charge >= 0.3 is 6.01 Å². The number of aryl methyl sites for hydroxylation is 1. The van der Waals surface area contributed by atoms with Crippen molar-refractivity contribution in [2.45, 2.75) is 25.8 Å². The van der Waals surface area contributed by atoms with Crippen molar-refractivity contribution >= 4 is 6.01 Å². The van der Waals surface area contributed by atoms with Crippen LogP contribution in [0.3, 0.4) is 0 Å². The molecule has 1 aliphatic rings. The third kappa shape index (κ3) is 2.21. The van der Waals surface area contributed by atoms with Gasteiger partial charge in [0, 0.05) is 13.5 Å². The lowest BCUT2D eigenvalue weighted by Crippen LogP contribution is -2.23. The summed E-state index contributed by atoms with van der Waals surface area (Å²) in [5.74, 6) is 0.442. The van der Waals surface area contributed by atoms with E-state index in [1.807, 2.05) is 11.0 Å². The zero-order chi connectivity index (χ0) is 14.1. The second-order valence-electron chi connectivity index (χ2n) is 4.85. The van der Waals surface area contributed by atoms with Crippen LogP contribution in [-0.2, 0) is 0 Å². The highest BCUT2D eigenvalue weighted by molar-refractivity contribution is 5.38. The number of halogens is 1. The molecule has 0 aliphatic carbocycles. The molecular formula is C14H16FN3O2. The van der Waals surface area contributed by atoms with Crippen molar-refractivity contribution in [1.82, 2.24) is 10.2 Å². The minimum Gasteiger partial charge on any atom is -0.494 e. The standard InChI is InChI=1S/C14H16FN3O2/c1-9-16-17-14(20-9)18-7-3-4-12(18)10-5-6-13(19-2)11(15)8-10/h5-6,8,12H,3-4,7H2,1-2H3. The van der Waals surface area contributed by atoms with Crippen LogP contribution in [0.2, 0.25) is 0 Å². The van der Waals surface area contributed by atoms with Crippen LogP contribution in [0.1, 0.15) is 30.3 Å². The van der Waals surface area contributed by atoms with Crippen molar-refractivity contribution < 1.29 is 13.5 Å². The van der Waals surface area contributed by atoms with Crippen LogP contribution < -0.4 is 9.64 Å². The van der Waals surface area contributed by atoms with E-state index in [0.717, 1.165) is 24.9 Å². The largest absolute Gasteiger partial charge is 0.494 e. The maximum atomic E-state index is 13.8. The van der Waals surface area contributed by atoms with Crippen LogP contribution in [0.5, 0.6) is 5.75 Å². The predicted molar refractivity (Wildman–Crippen MR) is 71.3 cm³/mol. The summed E-state index contributed by atoms with van der Waals surface area (Å²) in [6.07, 6.45) is 1.95. The minimum atomic E-state index is -0.349. The normalized spacial score (nSPS) is 18.6. The van der Waals surface area contributed by atoms with Gasteiger partial charge in [0.1, 0.15) is 0 Å². The van der Waals surface area contributed by atoms with E-state index in [4.69, 9.17) is 9.15 Å². The average molecular weight is 277 g/mol. The van der Waals surface area contributed by atoms with Crippen molar-refractivity contribution in [2.24, 2.45) is 0 Å². The summed E-state index contributed by atoms with van der Waals surface area (Å²) in [7, 11) is 1.46. The zero-order valence-electron chi connectivity index (χ0n) is 11.5. The van der Waals surface area contributed by atoms with Crippen LogP contribution in [0.4, 0.5) is 10.4 Å². The molecule has 1 saturated heterocycles. The third-order valence-electron chi connectivity index (χ3n) is 3.57. The Balaban J connectivity index is 1.90. The smallest absolute Gasteiger partial charge is 0.318 e. The molecule has 0 saturated carbocycles. The van der Waals surface area contributed by atoms with Gasteiger partial charge in [-0.25, -0.2) is 4.39 Å². The van der Waals surface area contributed by atoms with Gasteiger partial charge in [-0.3, -0.25) is 0 Å². The highest BCUT2D eigenvalue weighted by Crippen LogP contribution is 2.36. The van der Waals surface area contributed by atoms with Gasteiger partial charge in [-0.15, -0.1) is 5.10 Å². The molecule has 3 rings (SSSR count). The Morgan fingerprint density at radius 2 is 2.25 bits per heavy atom. The molecule has 6 heteroatoms. The van der Waals surface area contributed by atoms with E-state index in [9.17, 15) is 4.39 Å². The van der Waals surface area contributed by atoms with Crippen molar-refractivity contribution in [3.05, 3.63) is 35.5 Å². The fraction of sp³-hybridized carbons (Fsp3) is 0.429. The Morgan fingerprint density at radius 1 is 1.40 bits per heavy atom. The number of ether oxygens (including phenoxy) is 1. The van der Waals surface area contributed by atoms with E-state index in [0.29, 0.717) is 11.9 Å². The molecule has 1 unspecified atom stereocenters. The molecule has 0 spiro atoms. The minimum absolute atomic E-state index is 0.0651. The molecule has 20 heavy (non-hydrogen) atoms. The van der Waals surface area contributed by atoms with Crippen LogP contribution in [0.15, 0.2) is 22.6 Å². The summed E-state index contributed by atoms with van der Waals surface area (Å²) in [6.45, 7) is 2.59. The van der Waals surface area contributed by atoms with Crippen LogP contribution in [-0.4, -0.2) is 23.9 Å². The van der Waals surface area contributed by atoms with E-state index in [-0.39, 0.29) is 17.6 Å². The van der Waals surface area contributed by atoms with Crippen molar-refractivity contribution in [2.75, 3.05) is 18.6 Å². The van der Waals surface area contributed by atoms with Gasteiger partial charge in [-0.05, 0) is 30.5 Å². The summed E-state index contributed by atoms with van der Waals surface area (Å²) < 4.78 is 24.3. The van der Waals surface area contributed by atoms with Gasteiger partial charge < -0.3 is 14.1 Å². The number of anilines is 1. The molecule has 0 amide bonds. The number of rotatable bonds is 3. The Bertz CT molecular complexity index is 614. The second-order valence-corrected chi connectivity index (χ2v) is 4.85. The predicted octanol–water partition coefficient (Wildman–Crippen LogP) is 2.87. The Hall–Kier alpha value is -2.11. The molecule has 1 aromatic heterocycles. The molecule has 106 valence electrons. The first kappa shape index (κ1) is 12.9. The average Bonchev–Trinajstić information content (AvgIpc) is 3.06. The van der Waals surface area contributed by atoms with Crippen LogP contribution >= 0.6 is 0 Å². The molecule has 0 bridgehead atoms. The van der Waals surface area contributed by atoms with Gasteiger partial charge in [-0.1, -0.05) is 11.2 Å². The number of aromatic nitrogens is 2. The summed E-state index contributed by atoms with van der Waals surface area (Å²) in [6, 6.07) is 5.62. The highest BCUT2D eigenvalue weighted by Gasteiger charge is 2.30. The van der Waals surface area contributed by atoms with Gasteiger partial charge in [-0.2, -0.15) is 0 Å². The summed E-state index contributed by atoms with van der Waals surface area (Å²) in [5, 5.41) is 7.90. The maximum absolute atomic E-state index is 13.8. The van der Waals surface area contributed by atoms with E-state index in [1.54, 1.807) is 13.0 Å². The van der Waals surface area contributed by atoms with E-state index in [2.05, 4.69) is 10.2 Å². The quantitative estimate of drug-likeness (QED) is 0.863. The molecule has 1 fully saturated rings. The molecule has 1 aliphatic heterocycles. The molecule has 0 radical (unpaired) electrons. The Labute approximate surface area is 116 Å². The maximum Gasteiger partial charge on any atom is 0.318 e. The first-order valence-corrected chi connectivity index (χ1v) is 6.59. The second kappa shape index (κ2) is 5.11. The molecule has 1 atom stereocenters. The first-order chi connectivity index (χ1) is 9.69. The molecule has 2 aromatic rings. The molecular weight excluding hydrogens is 261 g/mol. The number of hydrogen-bond donors (Lipinski definition) is 0. The SMILES string of the molecule is COc1ccc(C2CCCN2c2nnc(C)o2)cc1F. The van der Waals surface area contributed by atoms with E-state index in [1.165, 1.54) is 13.2 Å². The zero-order valence-corrected chi connectivity index (χ0v) is 11.5. The van der Waals surface area contributed by atoms with Gasteiger partial charge in [0.15, 0.2) is 11.6 Å². The Morgan fingerprint density at radius 3 is 2.90 bits per heavy atom. The molecule has 1 aromatic carbocycles. The summed E-state index contributed by atoms with van der Waals surface area (Å²) in [5.41, 5.74) is 0.900. The fourth-order valence-electron chi connectivity index (χ4n) is 2.63. The first-order valence-electron chi connectivity index (χ1n) is 6.59.